The van der Waals surface area contributed by atoms with Crippen molar-refractivity contribution >= 4 is 5.91 Å². The molecule has 1 fully saturated rings. The number of nitrogens with one attached hydrogen (secondary N) is 1. The number of aliphatic hydroxyl groups excluding tert-OH is 1. The molecule has 1 aliphatic carbocycles. The highest BCUT2D eigenvalue weighted by Crippen LogP contribution is 2.30. The quantitative estimate of drug-likeness (QED) is 0.701. The summed E-state index contributed by atoms with van der Waals surface area (Å²) in [5.74, 6) is 0.641. The smallest absolute Gasteiger partial charge is 0.241 e. The van der Waals surface area contributed by atoms with E-state index < -0.39 is 0 Å². The monoisotopic (exact) mass is 239 g/mol. The van der Waals surface area contributed by atoms with Gasteiger partial charge in [0, 0.05) is 13.2 Å². The van der Waals surface area contributed by atoms with Gasteiger partial charge in [0.1, 0.15) is 12.9 Å². The standard InChI is InChI=1S/C10H17N5O2/c16-6-9-3-1-2-8(9)4-11-10(17)5-15-7-12-13-14-15/h7-9,16H,1-6H2,(H,11,17). The minimum atomic E-state index is -0.0964. The molecule has 0 radical (unpaired) electrons. The molecule has 7 heteroatoms. The van der Waals surface area contributed by atoms with E-state index in [0.717, 1.165) is 19.3 Å². The van der Waals surface area contributed by atoms with Gasteiger partial charge in [-0.3, -0.25) is 4.79 Å². The molecule has 2 N–H and O–H groups in total. The van der Waals surface area contributed by atoms with Gasteiger partial charge in [-0.2, -0.15) is 0 Å². The number of hydrogen-bond acceptors (Lipinski definition) is 5. The van der Waals surface area contributed by atoms with E-state index >= 15 is 0 Å². The summed E-state index contributed by atoms with van der Waals surface area (Å²) < 4.78 is 1.38. The zero-order valence-corrected chi connectivity index (χ0v) is 9.62. The fraction of sp³-hybridized carbons (Fsp3) is 0.800. The average Bonchev–Trinajstić information content (AvgIpc) is 2.96. The molecular formula is C10H17N5O2. The molecular weight excluding hydrogens is 222 g/mol. The third-order valence-electron chi connectivity index (χ3n) is 3.31. The minimum Gasteiger partial charge on any atom is -0.396 e. The van der Waals surface area contributed by atoms with Gasteiger partial charge in [-0.25, -0.2) is 4.68 Å². The van der Waals surface area contributed by atoms with E-state index in [-0.39, 0.29) is 19.1 Å². The summed E-state index contributed by atoms with van der Waals surface area (Å²) in [4.78, 5) is 11.6. The van der Waals surface area contributed by atoms with Gasteiger partial charge in [0.2, 0.25) is 5.91 Å². The number of carbonyl (C=O) groups excluding carboxylic acids is 1. The summed E-state index contributed by atoms with van der Waals surface area (Å²) in [7, 11) is 0. The summed E-state index contributed by atoms with van der Waals surface area (Å²) in [5.41, 5.74) is 0. The Morgan fingerprint density at radius 3 is 3.00 bits per heavy atom. The van der Waals surface area contributed by atoms with Crippen molar-refractivity contribution in [2.75, 3.05) is 13.2 Å². The van der Waals surface area contributed by atoms with Crippen LogP contribution >= 0.6 is 0 Å². The number of hydrogen-bond donors (Lipinski definition) is 2. The molecule has 0 aliphatic heterocycles. The molecule has 1 saturated carbocycles. The second kappa shape index (κ2) is 5.72. The van der Waals surface area contributed by atoms with E-state index in [1.54, 1.807) is 0 Å². The minimum absolute atomic E-state index is 0.0964. The van der Waals surface area contributed by atoms with Crippen LogP contribution in [0.3, 0.4) is 0 Å². The Labute approximate surface area is 99.2 Å². The average molecular weight is 239 g/mol. The molecule has 2 rings (SSSR count). The van der Waals surface area contributed by atoms with Crippen LogP contribution in [0.4, 0.5) is 0 Å². The van der Waals surface area contributed by atoms with Crippen LogP contribution in [0, 0.1) is 11.8 Å². The SMILES string of the molecule is O=C(Cn1cnnn1)NCC1CCCC1CO. The lowest BCUT2D eigenvalue weighted by atomic mass is 9.97. The van der Waals surface area contributed by atoms with Crippen LogP contribution in [0.5, 0.6) is 0 Å². The van der Waals surface area contributed by atoms with Crippen LogP contribution in [-0.4, -0.2) is 44.4 Å². The highest BCUT2D eigenvalue weighted by molar-refractivity contribution is 5.75. The molecule has 1 amide bonds. The highest BCUT2D eigenvalue weighted by Gasteiger charge is 2.26. The molecule has 1 aromatic rings. The van der Waals surface area contributed by atoms with Crippen molar-refractivity contribution in [3.8, 4) is 0 Å². The predicted octanol–water partition coefficient (Wildman–Crippen LogP) is -0.802. The van der Waals surface area contributed by atoms with E-state index in [9.17, 15) is 4.79 Å². The molecule has 1 aliphatic rings. The fourth-order valence-electron chi connectivity index (χ4n) is 2.32. The Balaban J connectivity index is 1.72. The van der Waals surface area contributed by atoms with Crippen molar-refractivity contribution in [1.82, 2.24) is 25.5 Å². The first-order chi connectivity index (χ1) is 8.29. The molecule has 17 heavy (non-hydrogen) atoms. The van der Waals surface area contributed by atoms with Crippen molar-refractivity contribution in [1.29, 1.82) is 0 Å². The number of carbonyl (C=O) groups is 1. The maximum absolute atomic E-state index is 11.6. The first kappa shape index (κ1) is 12.0. The zero-order chi connectivity index (χ0) is 12.1. The Morgan fingerprint density at radius 1 is 1.47 bits per heavy atom. The molecule has 0 bridgehead atoms. The van der Waals surface area contributed by atoms with Crippen LogP contribution in [-0.2, 0) is 11.3 Å². The zero-order valence-electron chi connectivity index (χ0n) is 9.62. The summed E-state index contributed by atoms with van der Waals surface area (Å²) in [5, 5.41) is 22.6. The number of amides is 1. The van der Waals surface area contributed by atoms with Gasteiger partial charge < -0.3 is 10.4 Å². The van der Waals surface area contributed by atoms with E-state index in [1.807, 2.05) is 0 Å². The largest absolute Gasteiger partial charge is 0.396 e. The van der Waals surface area contributed by atoms with Crippen molar-refractivity contribution < 1.29 is 9.90 Å². The normalized spacial score (nSPS) is 23.8. The highest BCUT2D eigenvalue weighted by atomic mass is 16.3. The van der Waals surface area contributed by atoms with Crippen LogP contribution in [0.15, 0.2) is 6.33 Å². The van der Waals surface area contributed by atoms with Gasteiger partial charge in [-0.1, -0.05) is 6.42 Å². The molecule has 0 saturated heterocycles. The number of rotatable bonds is 5. The van der Waals surface area contributed by atoms with E-state index in [0.29, 0.717) is 18.4 Å². The number of tetrazole rings is 1. The fourth-order valence-corrected chi connectivity index (χ4v) is 2.32. The molecule has 1 heterocycles. The van der Waals surface area contributed by atoms with Gasteiger partial charge >= 0.3 is 0 Å². The van der Waals surface area contributed by atoms with Crippen LogP contribution in [0.2, 0.25) is 0 Å². The molecule has 94 valence electrons. The molecule has 7 nitrogen and oxygen atoms in total. The number of aromatic nitrogens is 4. The second-order valence-electron chi connectivity index (χ2n) is 4.45. The van der Waals surface area contributed by atoms with Crippen LogP contribution in [0.25, 0.3) is 0 Å². The summed E-state index contributed by atoms with van der Waals surface area (Å²) in [6.07, 6.45) is 4.69. The summed E-state index contributed by atoms with van der Waals surface area (Å²) >= 11 is 0. The first-order valence-electron chi connectivity index (χ1n) is 5.88. The van der Waals surface area contributed by atoms with E-state index in [1.165, 1.54) is 11.0 Å². The van der Waals surface area contributed by atoms with Crippen molar-refractivity contribution in [3.05, 3.63) is 6.33 Å². The lowest BCUT2D eigenvalue weighted by Gasteiger charge is -2.17. The van der Waals surface area contributed by atoms with E-state index in [2.05, 4.69) is 20.8 Å². The van der Waals surface area contributed by atoms with Crippen LogP contribution in [0.1, 0.15) is 19.3 Å². The molecule has 2 atom stereocenters. The summed E-state index contributed by atoms with van der Waals surface area (Å²) in [6.45, 7) is 0.989. The van der Waals surface area contributed by atoms with Gasteiger partial charge in [-0.05, 0) is 35.1 Å². The van der Waals surface area contributed by atoms with Crippen molar-refractivity contribution in [3.63, 3.8) is 0 Å². The lowest BCUT2D eigenvalue weighted by molar-refractivity contribution is -0.122. The maximum atomic E-state index is 11.6. The van der Waals surface area contributed by atoms with Crippen molar-refractivity contribution in [2.24, 2.45) is 11.8 Å². The Morgan fingerprint density at radius 2 is 2.29 bits per heavy atom. The van der Waals surface area contributed by atoms with Crippen LogP contribution < -0.4 is 5.32 Å². The van der Waals surface area contributed by atoms with Gasteiger partial charge in [0.15, 0.2) is 0 Å². The molecule has 2 unspecified atom stereocenters. The maximum Gasteiger partial charge on any atom is 0.241 e. The number of aliphatic hydroxyl groups is 1. The third-order valence-corrected chi connectivity index (χ3v) is 3.31. The first-order valence-corrected chi connectivity index (χ1v) is 5.88. The van der Waals surface area contributed by atoms with Crippen molar-refractivity contribution in [2.45, 2.75) is 25.8 Å². The van der Waals surface area contributed by atoms with Gasteiger partial charge in [0.05, 0.1) is 0 Å². The second-order valence-corrected chi connectivity index (χ2v) is 4.45. The molecule has 1 aromatic heterocycles. The van der Waals surface area contributed by atoms with Gasteiger partial charge in [-0.15, -0.1) is 5.10 Å². The third kappa shape index (κ3) is 3.23. The Kier molecular flexibility index (Phi) is 4.03. The summed E-state index contributed by atoms with van der Waals surface area (Å²) in [6, 6.07) is 0. The topological polar surface area (TPSA) is 92.9 Å². The number of nitrogens with zero attached hydrogens (tertiary/aromatic N) is 4. The Hall–Kier alpha value is -1.50. The molecule has 0 aromatic carbocycles. The predicted molar refractivity (Wildman–Crippen MR) is 58.7 cm³/mol. The lowest BCUT2D eigenvalue weighted by Crippen LogP contribution is -2.34. The van der Waals surface area contributed by atoms with Gasteiger partial charge in [0.25, 0.3) is 0 Å². The molecule has 0 spiro atoms. The Bertz CT molecular complexity index is 354. The van der Waals surface area contributed by atoms with E-state index in [4.69, 9.17) is 5.11 Å².